The van der Waals surface area contributed by atoms with E-state index < -0.39 is 10.0 Å². The molecule has 2 fully saturated rings. The van der Waals surface area contributed by atoms with E-state index in [0.29, 0.717) is 19.0 Å². The minimum atomic E-state index is -3.07. The predicted molar refractivity (Wildman–Crippen MR) is 129 cm³/mol. The summed E-state index contributed by atoms with van der Waals surface area (Å²) in [5, 5.41) is 7.50. The lowest BCUT2D eigenvalue weighted by Crippen LogP contribution is -2.52. The van der Waals surface area contributed by atoms with Gasteiger partial charge >= 0.3 is 0 Å². The third-order valence-corrected chi connectivity index (χ3v) is 6.91. The molecule has 1 aromatic rings. The van der Waals surface area contributed by atoms with E-state index in [1.165, 1.54) is 6.26 Å². The number of hydrogen-bond acceptors (Lipinski definition) is 6. The van der Waals surface area contributed by atoms with Crippen LogP contribution in [0, 0.1) is 12.8 Å². The highest BCUT2D eigenvalue weighted by molar-refractivity contribution is 14.0. The van der Waals surface area contributed by atoms with E-state index in [1.54, 1.807) is 4.31 Å². The van der Waals surface area contributed by atoms with Gasteiger partial charge < -0.3 is 14.7 Å². The zero-order valence-corrected chi connectivity index (χ0v) is 21.4. The first-order valence-electron chi connectivity index (χ1n) is 10.5. The second-order valence-corrected chi connectivity index (χ2v) is 9.97. The Morgan fingerprint density at radius 3 is 2.43 bits per heavy atom. The molecule has 2 saturated heterocycles. The van der Waals surface area contributed by atoms with Crippen molar-refractivity contribution in [3.05, 3.63) is 17.5 Å². The van der Waals surface area contributed by atoms with E-state index in [1.807, 2.05) is 13.0 Å². The van der Waals surface area contributed by atoms with Crippen molar-refractivity contribution in [3.63, 3.8) is 0 Å². The molecule has 0 bridgehead atoms. The summed E-state index contributed by atoms with van der Waals surface area (Å²) in [5.41, 5.74) is 0.983. The second kappa shape index (κ2) is 11.6. The number of nitrogens with one attached hydrogen (secondary N) is 1. The first-order valence-corrected chi connectivity index (χ1v) is 12.3. The molecule has 9 nitrogen and oxygen atoms in total. The van der Waals surface area contributed by atoms with Crippen LogP contribution in [0.2, 0.25) is 0 Å². The number of piperazine rings is 1. The molecule has 172 valence electrons. The second-order valence-electron chi connectivity index (χ2n) is 7.99. The van der Waals surface area contributed by atoms with Crippen molar-refractivity contribution in [3.8, 4) is 0 Å². The highest BCUT2D eigenvalue weighted by Crippen LogP contribution is 2.19. The Bertz CT molecular complexity index is 784. The van der Waals surface area contributed by atoms with Gasteiger partial charge in [-0.05, 0) is 32.6 Å². The van der Waals surface area contributed by atoms with Crippen LogP contribution in [0.25, 0.3) is 0 Å². The normalized spacial score (nSPS) is 20.2. The molecule has 0 amide bonds. The molecular formula is C19H35IN6O3S. The number of aliphatic imine (C=N–C) groups is 1. The molecule has 3 heterocycles. The molecule has 2 aliphatic heterocycles. The summed E-state index contributed by atoms with van der Waals surface area (Å²) in [6.45, 7) is 11.4. The van der Waals surface area contributed by atoms with Crippen molar-refractivity contribution in [1.82, 2.24) is 24.6 Å². The van der Waals surface area contributed by atoms with Crippen LogP contribution in [0.1, 0.15) is 31.2 Å². The van der Waals surface area contributed by atoms with E-state index in [0.717, 1.165) is 76.1 Å². The lowest BCUT2D eigenvalue weighted by atomic mass is 9.98. The van der Waals surface area contributed by atoms with Gasteiger partial charge in [-0.25, -0.2) is 12.7 Å². The molecular weight excluding hydrogens is 519 g/mol. The molecule has 11 heteroatoms. The average Bonchev–Trinajstić information content (AvgIpc) is 3.10. The lowest BCUT2D eigenvalue weighted by Gasteiger charge is -2.36. The molecule has 1 aromatic heterocycles. The van der Waals surface area contributed by atoms with Gasteiger partial charge in [0, 0.05) is 65.0 Å². The summed E-state index contributed by atoms with van der Waals surface area (Å²) in [4.78, 5) is 9.58. The first kappa shape index (κ1) is 25.3. The Morgan fingerprint density at radius 1 is 1.23 bits per heavy atom. The number of halogens is 1. The van der Waals surface area contributed by atoms with Crippen LogP contribution >= 0.6 is 24.0 Å². The highest BCUT2D eigenvalue weighted by atomic mass is 127. The van der Waals surface area contributed by atoms with Gasteiger partial charge in [-0.15, -0.1) is 24.0 Å². The average molecular weight is 554 g/mol. The van der Waals surface area contributed by atoms with Gasteiger partial charge in [0.1, 0.15) is 5.76 Å². The minimum Gasteiger partial charge on any atom is -0.361 e. The van der Waals surface area contributed by atoms with E-state index in [4.69, 9.17) is 9.52 Å². The van der Waals surface area contributed by atoms with E-state index in [2.05, 4.69) is 27.2 Å². The maximum absolute atomic E-state index is 11.7. The van der Waals surface area contributed by atoms with E-state index in [9.17, 15) is 8.42 Å². The van der Waals surface area contributed by atoms with Gasteiger partial charge in [0.2, 0.25) is 10.0 Å². The zero-order chi connectivity index (χ0) is 20.9. The molecule has 1 N–H and O–H groups in total. The van der Waals surface area contributed by atoms with Gasteiger partial charge in [-0.2, -0.15) is 0 Å². The van der Waals surface area contributed by atoms with E-state index >= 15 is 0 Å². The number of aromatic nitrogens is 1. The fourth-order valence-corrected chi connectivity index (χ4v) is 4.78. The SMILES string of the molecule is CCNC(=NCC1CCN(S(C)(=O)=O)CC1)N1CCN(Cc2cc(C)on2)CC1.I. The zero-order valence-electron chi connectivity index (χ0n) is 18.2. The van der Waals surface area contributed by atoms with Gasteiger partial charge in [0.05, 0.1) is 11.9 Å². The molecule has 0 unspecified atom stereocenters. The molecule has 2 aliphatic rings. The van der Waals surface area contributed by atoms with Gasteiger partial charge in [0.15, 0.2) is 5.96 Å². The van der Waals surface area contributed by atoms with Crippen molar-refractivity contribution >= 4 is 40.0 Å². The van der Waals surface area contributed by atoms with Crippen molar-refractivity contribution in [2.45, 2.75) is 33.2 Å². The smallest absolute Gasteiger partial charge is 0.211 e. The molecule has 0 aromatic carbocycles. The largest absolute Gasteiger partial charge is 0.361 e. The predicted octanol–water partition coefficient (Wildman–Crippen LogP) is 1.36. The van der Waals surface area contributed by atoms with E-state index in [-0.39, 0.29) is 24.0 Å². The van der Waals surface area contributed by atoms with Crippen molar-refractivity contribution < 1.29 is 12.9 Å². The number of piperidine rings is 1. The van der Waals surface area contributed by atoms with Crippen LogP contribution in [0.5, 0.6) is 0 Å². The standard InChI is InChI=1S/C19H34N6O3S.HI/c1-4-20-19(21-14-17-5-7-25(8-6-17)29(3,26)27)24-11-9-23(10-12-24)15-18-13-16(2)28-22-18;/h13,17H,4-12,14-15H2,1-3H3,(H,20,21);1H. The van der Waals surface area contributed by atoms with Crippen LogP contribution in [0.4, 0.5) is 0 Å². The Hall–Kier alpha value is -0.920. The minimum absolute atomic E-state index is 0. The third kappa shape index (κ3) is 7.34. The van der Waals surface area contributed by atoms with Gasteiger partial charge in [-0.1, -0.05) is 5.16 Å². The lowest BCUT2D eigenvalue weighted by molar-refractivity contribution is 0.168. The first-order chi connectivity index (χ1) is 13.8. The van der Waals surface area contributed by atoms with Crippen LogP contribution in [-0.4, -0.2) is 92.3 Å². The molecule has 0 aliphatic carbocycles. The Morgan fingerprint density at radius 2 is 1.90 bits per heavy atom. The fourth-order valence-electron chi connectivity index (χ4n) is 3.90. The van der Waals surface area contributed by atoms with Crippen molar-refractivity contribution in [1.29, 1.82) is 0 Å². The quantitative estimate of drug-likeness (QED) is 0.323. The van der Waals surface area contributed by atoms with Crippen LogP contribution in [0.3, 0.4) is 0 Å². The fraction of sp³-hybridized carbons (Fsp3) is 0.789. The van der Waals surface area contributed by atoms with Crippen LogP contribution in [-0.2, 0) is 16.6 Å². The Balaban J connectivity index is 0.00000320. The molecule has 3 rings (SSSR count). The molecule has 0 atom stereocenters. The third-order valence-electron chi connectivity index (χ3n) is 5.61. The summed E-state index contributed by atoms with van der Waals surface area (Å²) in [7, 11) is -3.07. The molecule has 30 heavy (non-hydrogen) atoms. The summed E-state index contributed by atoms with van der Waals surface area (Å²) in [6.07, 6.45) is 3.04. The highest BCUT2D eigenvalue weighted by Gasteiger charge is 2.25. The summed E-state index contributed by atoms with van der Waals surface area (Å²) >= 11 is 0. The number of rotatable bonds is 6. The summed E-state index contributed by atoms with van der Waals surface area (Å²) in [5.74, 6) is 2.26. The molecule has 0 saturated carbocycles. The monoisotopic (exact) mass is 554 g/mol. The Labute approximate surface area is 197 Å². The van der Waals surface area contributed by atoms with Crippen LogP contribution in [0.15, 0.2) is 15.6 Å². The number of guanidine groups is 1. The number of nitrogens with zero attached hydrogens (tertiary/aromatic N) is 5. The van der Waals surface area contributed by atoms with Gasteiger partial charge in [-0.3, -0.25) is 9.89 Å². The van der Waals surface area contributed by atoms with Crippen molar-refractivity contribution in [2.75, 3.05) is 58.6 Å². The van der Waals surface area contributed by atoms with Crippen molar-refractivity contribution in [2.24, 2.45) is 10.9 Å². The maximum Gasteiger partial charge on any atom is 0.211 e. The number of sulfonamides is 1. The maximum atomic E-state index is 11.7. The number of hydrogen-bond donors (Lipinski definition) is 1. The summed E-state index contributed by atoms with van der Waals surface area (Å²) < 4.78 is 30.1. The topological polar surface area (TPSA) is 94.3 Å². The summed E-state index contributed by atoms with van der Waals surface area (Å²) in [6, 6.07) is 1.99. The van der Waals surface area contributed by atoms with Crippen LogP contribution < -0.4 is 5.32 Å². The molecule has 0 spiro atoms. The number of aryl methyl sites for hydroxylation is 1. The Kier molecular flexibility index (Phi) is 9.82. The van der Waals surface area contributed by atoms with Gasteiger partial charge in [0.25, 0.3) is 0 Å². The molecule has 0 radical (unpaired) electrons.